The minimum atomic E-state index is -0.700. The Bertz CT molecular complexity index is 676. The Morgan fingerprint density at radius 1 is 1.35 bits per heavy atom. The monoisotopic (exact) mass is 362 g/mol. The molecule has 0 bridgehead atoms. The lowest BCUT2D eigenvalue weighted by molar-refractivity contribution is -0.148. The number of carbonyl (C=O) groups excluding carboxylic acids is 3. The van der Waals surface area contributed by atoms with Crippen molar-refractivity contribution in [3.8, 4) is 0 Å². The Labute approximate surface area is 151 Å². The molecule has 0 radical (unpaired) electrons. The van der Waals surface area contributed by atoms with Crippen molar-refractivity contribution in [1.29, 1.82) is 0 Å². The van der Waals surface area contributed by atoms with E-state index in [9.17, 15) is 14.4 Å². The average molecular weight is 362 g/mol. The van der Waals surface area contributed by atoms with Crippen LogP contribution in [0.15, 0.2) is 28.9 Å². The maximum Gasteiger partial charge on any atom is 0.410 e. The first-order valence-electron chi connectivity index (χ1n) is 8.72. The first kappa shape index (κ1) is 18.0. The molecule has 0 spiro atoms. The number of ether oxygens (including phenoxy) is 2. The van der Waals surface area contributed by atoms with Gasteiger partial charge in [-0.25, -0.2) is 9.59 Å². The van der Waals surface area contributed by atoms with Crippen LogP contribution < -0.4 is 0 Å². The predicted octanol–water partition coefficient (Wildman–Crippen LogP) is 1.67. The van der Waals surface area contributed by atoms with Crippen molar-refractivity contribution in [1.82, 2.24) is 9.80 Å². The molecule has 0 N–H and O–H groups in total. The largest absolute Gasteiger partial charge is 0.465 e. The summed E-state index contributed by atoms with van der Waals surface area (Å²) in [6, 6.07) is 2.68. The highest BCUT2D eigenvalue weighted by atomic mass is 16.6. The lowest BCUT2D eigenvalue weighted by Crippen LogP contribution is -2.51. The first-order valence-corrected chi connectivity index (χ1v) is 8.72. The minimum Gasteiger partial charge on any atom is -0.465 e. The van der Waals surface area contributed by atoms with Gasteiger partial charge in [0.25, 0.3) is 0 Å². The highest BCUT2D eigenvalue weighted by Gasteiger charge is 2.44. The number of hydrogen-bond acceptors (Lipinski definition) is 6. The van der Waals surface area contributed by atoms with E-state index in [1.165, 1.54) is 11.0 Å². The molecule has 1 atom stereocenters. The highest BCUT2D eigenvalue weighted by molar-refractivity contribution is 5.91. The van der Waals surface area contributed by atoms with Crippen LogP contribution >= 0.6 is 0 Å². The van der Waals surface area contributed by atoms with Crippen molar-refractivity contribution < 1.29 is 28.3 Å². The number of likely N-dealkylation sites (tertiary alicyclic amines) is 1. The molecule has 1 aromatic rings. The summed E-state index contributed by atoms with van der Waals surface area (Å²) < 4.78 is 15.2. The summed E-state index contributed by atoms with van der Waals surface area (Å²) >= 11 is 0. The molecule has 8 nitrogen and oxygen atoms in total. The zero-order valence-electron chi connectivity index (χ0n) is 14.6. The van der Waals surface area contributed by atoms with Crippen LogP contribution in [0.5, 0.6) is 0 Å². The normalized spacial score (nSPS) is 21.3. The molecule has 3 heterocycles. The fourth-order valence-corrected chi connectivity index (χ4v) is 3.27. The van der Waals surface area contributed by atoms with Crippen LogP contribution in [0, 0.1) is 0 Å². The molecular weight excluding hydrogens is 340 g/mol. The Morgan fingerprint density at radius 3 is 2.77 bits per heavy atom. The molecule has 2 aliphatic heterocycles. The summed E-state index contributed by atoms with van der Waals surface area (Å²) in [6.07, 6.45) is 5.33. The van der Waals surface area contributed by atoms with E-state index in [4.69, 9.17) is 13.9 Å². The predicted molar refractivity (Wildman–Crippen MR) is 91.0 cm³/mol. The summed E-state index contributed by atoms with van der Waals surface area (Å²) in [5, 5.41) is 0. The lowest BCUT2D eigenvalue weighted by atomic mass is 10.0. The molecule has 3 rings (SSSR count). The topological polar surface area (TPSA) is 89.3 Å². The molecule has 0 aromatic carbocycles. The van der Waals surface area contributed by atoms with Crippen LogP contribution in [0.25, 0.3) is 6.08 Å². The number of nitrogens with zero attached hydrogens (tertiary/aromatic N) is 2. The summed E-state index contributed by atoms with van der Waals surface area (Å²) in [5.74, 6) is 0.0642. The summed E-state index contributed by atoms with van der Waals surface area (Å²) in [7, 11) is 0. The van der Waals surface area contributed by atoms with Crippen molar-refractivity contribution in [3.63, 3.8) is 0 Å². The van der Waals surface area contributed by atoms with Crippen LogP contribution in [0.3, 0.4) is 0 Å². The average Bonchev–Trinajstić information content (AvgIpc) is 3.29. The van der Waals surface area contributed by atoms with Crippen molar-refractivity contribution >= 4 is 24.0 Å². The first-order chi connectivity index (χ1) is 12.6. The van der Waals surface area contributed by atoms with Crippen molar-refractivity contribution in [2.45, 2.75) is 31.8 Å². The van der Waals surface area contributed by atoms with E-state index in [0.717, 1.165) is 0 Å². The fraction of sp³-hybridized carbons (Fsp3) is 0.500. The van der Waals surface area contributed by atoms with Gasteiger partial charge in [-0.2, -0.15) is 0 Å². The number of furan rings is 1. The Morgan fingerprint density at radius 2 is 2.12 bits per heavy atom. The van der Waals surface area contributed by atoms with E-state index in [1.807, 2.05) is 0 Å². The van der Waals surface area contributed by atoms with Gasteiger partial charge in [-0.15, -0.1) is 0 Å². The molecule has 2 amide bonds. The van der Waals surface area contributed by atoms with Gasteiger partial charge in [0.05, 0.1) is 12.9 Å². The smallest absolute Gasteiger partial charge is 0.410 e. The third-order valence-corrected chi connectivity index (χ3v) is 4.57. The highest BCUT2D eigenvalue weighted by Crippen LogP contribution is 2.25. The van der Waals surface area contributed by atoms with Gasteiger partial charge in [0.1, 0.15) is 12.4 Å². The fourth-order valence-electron chi connectivity index (χ4n) is 3.27. The zero-order chi connectivity index (χ0) is 18.5. The second-order valence-electron chi connectivity index (χ2n) is 6.16. The van der Waals surface area contributed by atoms with Crippen molar-refractivity contribution in [2.75, 3.05) is 26.3 Å². The molecule has 2 fully saturated rings. The summed E-state index contributed by atoms with van der Waals surface area (Å²) in [5.41, 5.74) is 0. The Hall–Kier alpha value is -2.77. The van der Waals surface area contributed by atoms with E-state index in [1.54, 1.807) is 36.3 Å². The van der Waals surface area contributed by atoms with Crippen molar-refractivity contribution in [2.24, 2.45) is 0 Å². The van der Waals surface area contributed by atoms with E-state index < -0.39 is 18.1 Å². The van der Waals surface area contributed by atoms with Crippen LogP contribution in [0.4, 0.5) is 4.79 Å². The Kier molecular flexibility index (Phi) is 5.60. The molecule has 140 valence electrons. The number of cyclic esters (lactones) is 1. The third kappa shape index (κ3) is 3.89. The maximum absolute atomic E-state index is 12.3. The summed E-state index contributed by atoms with van der Waals surface area (Å²) in [4.78, 5) is 39.5. The molecule has 8 heteroatoms. The molecule has 26 heavy (non-hydrogen) atoms. The van der Waals surface area contributed by atoms with Crippen LogP contribution in [-0.4, -0.2) is 66.2 Å². The number of amides is 2. The second kappa shape index (κ2) is 8.07. The molecule has 2 saturated heterocycles. The van der Waals surface area contributed by atoms with E-state index in [-0.39, 0.29) is 25.2 Å². The van der Waals surface area contributed by atoms with Gasteiger partial charge in [0.2, 0.25) is 5.91 Å². The number of hydrogen-bond donors (Lipinski definition) is 0. The van der Waals surface area contributed by atoms with Crippen LogP contribution in [0.2, 0.25) is 0 Å². The quantitative estimate of drug-likeness (QED) is 0.585. The lowest BCUT2D eigenvalue weighted by Gasteiger charge is -2.36. The van der Waals surface area contributed by atoms with Gasteiger partial charge in [0, 0.05) is 25.2 Å². The van der Waals surface area contributed by atoms with Crippen molar-refractivity contribution in [3.05, 3.63) is 30.2 Å². The molecule has 1 unspecified atom stereocenters. The van der Waals surface area contributed by atoms with Gasteiger partial charge in [-0.1, -0.05) is 0 Å². The van der Waals surface area contributed by atoms with Gasteiger partial charge < -0.3 is 18.8 Å². The number of esters is 1. The molecule has 2 aliphatic rings. The van der Waals surface area contributed by atoms with Crippen LogP contribution in [0.1, 0.15) is 25.5 Å². The standard InChI is InChI=1S/C18H22N2O6/c1-2-24-17(22)15-12-26-18(23)20(15)13-7-9-19(10-8-13)16(21)6-5-14-4-3-11-25-14/h3-6,11,13,15H,2,7-10,12H2,1H3. The maximum atomic E-state index is 12.3. The van der Waals surface area contributed by atoms with Gasteiger partial charge in [-0.3, -0.25) is 9.69 Å². The minimum absolute atomic E-state index is 0.0166. The number of carbonyl (C=O) groups is 3. The Balaban J connectivity index is 1.56. The van der Waals surface area contributed by atoms with Gasteiger partial charge >= 0.3 is 12.1 Å². The SMILES string of the molecule is CCOC(=O)C1COC(=O)N1C1CCN(C(=O)C=Cc2ccco2)CC1. The molecule has 0 saturated carbocycles. The van der Waals surface area contributed by atoms with Gasteiger partial charge in [0.15, 0.2) is 6.04 Å². The number of rotatable bonds is 5. The zero-order valence-corrected chi connectivity index (χ0v) is 14.6. The van der Waals surface area contributed by atoms with E-state index >= 15 is 0 Å². The third-order valence-electron chi connectivity index (χ3n) is 4.57. The molecule has 0 aliphatic carbocycles. The summed E-state index contributed by atoms with van der Waals surface area (Å²) in [6.45, 7) is 3.01. The second-order valence-corrected chi connectivity index (χ2v) is 6.16. The molecule has 1 aromatic heterocycles. The van der Waals surface area contributed by atoms with E-state index in [2.05, 4.69) is 0 Å². The number of piperidine rings is 1. The van der Waals surface area contributed by atoms with E-state index in [0.29, 0.717) is 31.7 Å². The molecular formula is C18H22N2O6. The van der Waals surface area contributed by atoms with Crippen LogP contribution in [-0.2, 0) is 19.1 Å². The van der Waals surface area contributed by atoms with Gasteiger partial charge in [-0.05, 0) is 38.0 Å².